The third kappa shape index (κ3) is 4.28. The van der Waals surface area contributed by atoms with E-state index in [2.05, 4.69) is 23.2 Å². The molecule has 1 N–H and O–H groups in total. The summed E-state index contributed by atoms with van der Waals surface area (Å²) in [6, 6.07) is 5.78. The van der Waals surface area contributed by atoms with E-state index in [9.17, 15) is 9.59 Å². The van der Waals surface area contributed by atoms with Crippen molar-refractivity contribution in [3.05, 3.63) is 45.3 Å². The van der Waals surface area contributed by atoms with Crippen molar-refractivity contribution in [3.8, 4) is 0 Å². The van der Waals surface area contributed by atoms with Crippen LogP contribution in [0.15, 0.2) is 27.4 Å². The van der Waals surface area contributed by atoms with Crippen LogP contribution in [0.2, 0.25) is 0 Å². The minimum atomic E-state index is -0.282. The van der Waals surface area contributed by atoms with Crippen molar-refractivity contribution in [1.29, 1.82) is 0 Å². The fourth-order valence-corrected chi connectivity index (χ4v) is 3.69. The van der Waals surface area contributed by atoms with E-state index in [1.807, 2.05) is 13.0 Å². The Kier molecular flexibility index (Phi) is 5.23. The molecular formula is C20H26N2O3. The van der Waals surface area contributed by atoms with E-state index < -0.39 is 0 Å². The molecule has 2 heterocycles. The number of likely N-dealkylation sites (tertiary alicyclic amines) is 1. The molecule has 1 amide bonds. The fraction of sp³-hybridized carbons (Fsp3) is 0.500. The van der Waals surface area contributed by atoms with E-state index in [0.717, 1.165) is 55.5 Å². The highest BCUT2D eigenvalue weighted by atomic mass is 16.4. The van der Waals surface area contributed by atoms with E-state index in [-0.39, 0.29) is 11.5 Å². The van der Waals surface area contributed by atoms with Crippen LogP contribution in [0, 0.1) is 19.8 Å². The van der Waals surface area contributed by atoms with Crippen LogP contribution in [0.1, 0.15) is 36.5 Å². The summed E-state index contributed by atoms with van der Waals surface area (Å²) >= 11 is 0. The van der Waals surface area contributed by atoms with E-state index >= 15 is 0 Å². The van der Waals surface area contributed by atoms with Gasteiger partial charge in [0.2, 0.25) is 5.91 Å². The minimum Gasteiger partial charge on any atom is -0.422 e. The predicted molar refractivity (Wildman–Crippen MR) is 98.6 cm³/mol. The number of rotatable bonds is 4. The number of nitrogens with one attached hydrogen (secondary N) is 1. The number of piperidine rings is 1. The molecule has 5 nitrogen and oxygen atoms in total. The van der Waals surface area contributed by atoms with Gasteiger partial charge in [0.15, 0.2) is 0 Å². The molecule has 1 aromatic heterocycles. The normalized spacial score (nSPS) is 16.3. The second-order valence-electron chi connectivity index (χ2n) is 7.21. The monoisotopic (exact) mass is 342 g/mol. The maximum absolute atomic E-state index is 12.0. The summed E-state index contributed by atoms with van der Waals surface area (Å²) in [4.78, 5) is 25.4. The van der Waals surface area contributed by atoms with Crippen LogP contribution in [0.5, 0.6) is 0 Å². The third-order valence-corrected chi connectivity index (χ3v) is 5.00. The highest BCUT2D eigenvalue weighted by Crippen LogP contribution is 2.25. The van der Waals surface area contributed by atoms with E-state index in [4.69, 9.17) is 4.42 Å². The Morgan fingerprint density at radius 1 is 1.24 bits per heavy atom. The maximum atomic E-state index is 12.0. The summed E-state index contributed by atoms with van der Waals surface area (Å²) in [6.07, 6.45) is 2.13. The number of hydrogen-bond donors (Lipinski definition) is 1. The van der Waals surface area contributed by atoms with Gasteiger partial charge in [0.1, 0.15) is 5.58 Å². The number of carbonyl (C=O) groups excluding carboxylic acids is 1. The van der Waals surface area contributed by atoms with Crippen molar-refractivity contribution in [3.63, 3.8) is 0 Å². The molecule has 0 unspecified atom stereocenters. The molecule has 5 heteroatoms. The number of nitrogens with zero attached hydrogens (tertiary/aromatic N) is 1. The lowest BCUT2D eigenvalue weighted by atomic mass is 9.96. The number of aryl methyl sites for hydroxylation is 2. The maximum Gasteiger partial charge on any atom is 0.336 e. The van der Waals surface area contributed by atoms with Crippen molar-refractivity contribution in [1.82, 2.24) is 10.2 Å². The molecular weight excluding hydrogens is 316 g/mol. The molecule has 1 aromatic carbocycles. The van der Waals surface area contributed by atoms with Crippen molar-refractivity contribution in [2.24, 2.45) is 5.92 Å². The zero-order valence-electron chi connectivity index (χ0n) is 15.2. The summed E-state index contributed by atoms with van der Waals surface area (Å²) in [5.41, 5.74) is 3.64. The number of hydrogen-bond acceptors (Lipinski definition) is 4. The Morgan fingerprint density at radius 2 is 1.96 bits per heavy atom. The Labute approximate surface area is 148 Å². The average molecular weight is 342 g/mol. The van der Waals surface area contributed by atoms with Gasteiger partial charge in [0, 0.05) is 31.5 Å². The van der Waals surface area contributed by atoms with Crippen molar-refractivity contribution in [2.75, 3.05) is 19.6 Å². The molecule has 3 rings (SSSR count). The predicted octanol–water partition coefficient (Wildman–Crippen LogP) is 2.76. The molecule has 1 aliphatic heterocycles. The van der Waals surface area contributed by atoms with Crippen molar-refractivity contribution in [2.45, 2.75) is 40.2 Å². The SMILES string of the molecule is CC(=O)NCC1CCN(Cc2cc(=O)oc3c(C)cc(C)cc23)CC1. The van der Waals surface area contributed by atoms with Crippen molar-refractivity contribution >= 4 is 16.9 Å². The number of amides is 1. The zero-order chi connectivity index (χ0) is 18.0. The van der Waals surface area contributed by atoms with Crippen LogP contribution in [-0.4, -0.2) is 30.4 Å². The minimum absolute atomic E-state index is 0.0376. The molecule has 1 fully saturated rings. The van der Waals surface area contributed by atoms with Gasteiger partial charge in [0.05, 0.1) is 0 Å². The Morgan fingerprint density at radius 3 is 2.64 bits per heavy atom. The lowest BCUT2D eigenvalue weighted by Gasteiger charge is -2.32. The number of fused-ring (bicyclic) bond motifs is 1. The van der Waals surface area contributed by atoms with Gasteiger partial charge in [-0.05, 0) is 68.5 Å². The molecule has 1 saturated heterocycles. The summed E-state index contributed by atoms with van der Waals surface area (Å²) < 4.78 is 5.43. The molecule has 2 aromatic rings. The summed E-state index contributed by atoms with van der Waals surface area (Å²) in [5.74, 6) is 0.581. The largest absolute Gasteiger partial charge is 0.422 e. The number of carbonyl (C=O) groups is 1. The molecule has 1 aliphatic rings. The van der Waals surface area contributed by atoms with Crippen LogP contribution in [0.25, 0.3) is 11.0 Å². The first-order valence-corrected chi connectivity index (χ1v) is 8.93. The van der Waals surface area contributed by atoms with Crippen LogP contribution < -0.4 is 10.9 Å². The third-order valence-electron chi connectivity index (χ3n) is 5.00. The first kappa shape index (κ1) is 17.7. The van der Waals surface area contributed by atoms with Gasteiger partial charge in [-0.15, -0.1) is 0 Å². The van der Waals surface area contributed by atoms with E-state index in [1.54, 1.807) is 13.0 Å². The summed E-state index contributed by atoms with van der Waals surface area (Å²) in [7, 11) is 0. The summed E-state index contributed by atoms with van der Waals surface area (Å²) in [5, 5.41) is 3.95. The Balaban J connectivity index is 1.74. The summed E-state index contributed by atoms with van der Waals surface area (Å²) in [6.45, 7) is 9.10. The number of benzene rings is 1. The van der Waals surface area contributed by atoms with E-state index in [0.29, 0.717) is 11.5 Å². The van der Waals surface area contributed by atoms with Crippen LogP contribution >= 0.6 is 0 Å². The standard InChI is InChI=1S/C20H26N2O3/c1-13-8-14(2)20-18(9-13)17(10-19(24)25-20)12-22-6-4-16(5-7-22)11-21-15(3)23/h8-10,16H,4-7,11-12H2,1-3H3,(H,21,23). The second kappa shape index (κ2) is 7.40. The molecule has 0 bridgehead atoms. The van der Waals surface area contributed by atoms with Gasteiger partial charge in [-0.25, -0.2) is 4.79 Å². The van der Waals surface area contributed by atoms with Crippen LogP contribution in [0.3, 0.4) is 0 Å². The topological polar surface area (TPSA) is 62.6 Å². The van der Waals surface area contributed by atoms with Gasteiger partial charge in [0.25, 0.3) is 0 Å². The highest BCUT2D eigenvalue weighted by Gasteiger charge is 2.20. The fourth-order valence-electron chi connectivity index (χ4n) is 3.69. The molecule has 0 atom stereocenters. The smallest absolute Gasteiger partial charge is 0.336 e. The average Bonchev–Trinajstić information content (AvgIpc) is 2.55. The first-order chi connectivity index (χ1) is 11.9. The van der Waals surface area contributed by atoms with Gasteiger partial charge in [-0.2, -0.15) is 0 Å². The van der Waals surface area contributed by atoms with Gasteiger partial charge in [-0.3, -0.25) is 9.69 Å². The molecule has 134 valence electrons. The van der Waals surface area contributed by atoms with Crippen LogP contribution in [0.4, 0.5) is 0 Å². The van der Waals surface area contributed by atoms with Crippen LogP contribution in [-0.2, 0) is 11.3 Å². The van der Waals surface area contributed by atoms with Crippen molar-refractivity contribution < 1.29 is 9.21 Å². The lowest BCUT2D eigenvalue weighted by Crippen LogP contribution is -2.38. The quantitative estimate of drug-likeness (QED) is 0.868. The highest BCUT2D eigenvalue weighted by molar-refractivity contribution is 5.83. The second-order valence-corrected chi connectivity index (χ2v) is 7.21. The Hall–Kier alpha value is -2.14. The molecule has 0 radical (unpaired) electrons. The van der Waals surface area contributed by atoms with Gasteiger partial charge >= 0.3 is 5.63 Å². The first-order valence-electron chi connectivity index (χ1n) is 8.93. The van der Waals surface area contributed by atoms with E-state index in [1.165, 1.54) is 5.56 Å². The molecule has 0 aliphatic carbocycles. The Bertz CT molecular complexity index is 833. The zero-order valence-corrected chi connectivity index (χ0v) is 15.2. The molecule has 0 saturated carbocycles. The lowest BCUT2D eigenvalue weighted by molar-refractivity contribution is -0.119. The molecule has 25 heavy (non-hydrogen) atoms. The van der Waals surface area contributed by atoms with Gasteiger partial charge in [-0.1, -0.05) is 6.07 Å². The van der Waals surface area contributed by atoms with Gasteiger partial charge < -0.3 is 9.73 Å². The molecule has 0 spiro atoms.